The SMILES string of the molecule is CN(CCOCCCl)C(=O)c1ccc(Br)cc1O. The molecule has 0 heterocycles. The third kappa shape index (κ3) is 4.48. The van der Waals surface area contributed by atoms with Gasteiger partial charge in [0.1, 0.15) is 5.75 Å². The molecule has 1 rings (SSSR count). The first-order valence-electron chi connectivity index (χ1n) is 5.44. The summed E-state index contributed by atoms with van der Waals surface area (Å²) in [5.74, 6) is 0.155. The molecule has 4 nitrogen and oxygen atoms in total. The number of amides is 1. The Morgan fingerprint density at radius 2 is 2.22 bits per heavy atom. The zero-order valence-corrected chi connectivity index (χ0v) is 12.4. The van der Waals surface area contributed by atoms with E-state index in [1.54, 1.807) is 19.2 Å². The molecule has 100 valence electrons. The van der Waals surface area contributed by atoms with Gasteiger partial charge in [-0.15, -0.1) is 11.6 Å². The molecule has 0 aliphatic carbocycles. The Hall–Kier alpha value is -0.780. The number of rotatable bonds is 6. The summed E-state index contributed by atoms with van der Waals surface area (Å²) in [7, 11) is 1.66. The van der Waals surface area contributed by atoms with Gasteiger partial charge in [-0.1, -0.05) is 15.9 Å². The Morgan fingerprint density at radius 1 is 1.50 bits per heavy atom. The van der Waals surface area contributed by atoms with Crippen LogP contribution in [0.3, 0.4) is 0 Å². The summed E-state index contributed by atoms with van der Waals surface area (Å²) in [6.07, 6.45) is 0. The lowest BCUT2D eigenvalue weighted by atomic mass is 10.2. The van der Waals surface area contributed by atoms with Crippen molar-refractivity contribution in [2.45, 2.75) is 0 Å². The van der Waals surface area contributed by atoms with Gasteiger partial charge >= 0.3 is 0 Å². The maximum atomic E-state index is 12.0. The van der Waals surface area contributed by atoms with Crippen LogP contribution in [-0.2, 0) is 4.74 Å². The number of alkyl halides is 1. The fourth-order valence-corrected chi connectivity index (χ4v) is 1.81. The number of likely N-dealkylation sites (N-methyl/N-ethyl adjacent to an activating group) is 1. The lowest BCUT2D eigenvalue weighted by Gasteiger charge is -2.17. The largest absolute Gasteiger partial charge is 0.507 e. The summed E-state index contributed by atoms with van der Waals surface area (Å²) in [5, 5.41) is 9.69. The van der Waals surface area contributed by atoms with Crippen molar-refractivity contribution >= 4 is 33.4 Å². The maximum Gasteiger partial charge on any atom is 0.257 e. The number of phenolic OH excluding ortho intramolecular Hbond substituents is 1. The van der Waals surface area contributed by atoms with Gasteiger partial charge in [-0.3, -0.25) is 4.79 Å². The summed E-state index contributed by atoms with van der Waals surface area (Å²) in [6, 6.07) is 4.79. The summed E-state index contributed by atoms with van der Waals surface area (Å²) in [5.41, 5.74) is 0.276. The number of hydrogen-bond donors (Lipinski definition) is 1. The topological polar surface area (TPSA) is 49.8 Å². The number of phenols is 1. The standard InChI is InChI=1S/C12H15BrClNO3/c1-15(5-7-18-6-4-14)12(17)10-3-2-9(13)8-11(10)16/h2-3,8,16H,4-7H2,1H3. The highest BCUT2D eigenvalue weighted by atomic mass is 79.9. The van der Waals surface area contributed by atoms with Crippen LogP contribution in [0.25, 0.3) is 0 Å². The average Bonchev–Trinajstić information content (AvgIpc) is 2.33. The van der Waals surface area contributed by atoms with Gasteiger partial charge in [-0.05, 0) is 18.2 Å². The number of nitrogens with zero attached hydrogens (tertiary/aromatic N) is 1. The lowest BCUT2D eigenvalue weighted by Crippen LogP contribution is -2.30. The van der Waals surface area contributed by atoms with Crippen LogP contribution in [0.1, 0.15) is 10.4 Å². The average molecular weight is 337 g/mol. The molecule has 0 saturated carbocycles. The van der Waals surface area contributed by atoms with Gasteiger partial charge in [0.2, 0.25) is 0 Å². The van der Waals surface area contributed by atoms with Gasteiger partial charge in [0.25, 0.3) is 5.91 Å². The van der Waals surface area contributed by atoms with Crippen LogP contribution >= 0.6 is 27.5 Å². The zero-order valence-electron chi connectivity index (χ0n) is 10.0. The van der Waals surface area contributed by atoms with Gasteiger partial charge in [0.05, 0.1) is 18.8 Å². The highest BCUT2D eigenvalue weighted by molar-refractivity contribution is 9.10. The van der Waals surface area contributed by atoms with Crippen molar-refractivity contribution in [3.05, 3.63) is 28.2 Å². The normalized spacial score (nSPS) is 10.4. The second kappa shape index (κ2) is 7.61. The molecule has 1 aromatic rings. The summed E-state index contributed by atoms with van der Waals surface area (Å²) in [6.45, 7) is 1.34. The van der Waals surface area contributed by atoms with Crippen molar-refractivity contribution < 1.29 is 14.6 Å². The molecular weight excluding hydrogens is 321 g/mol. The number of aromatic hydroxyl groups is 1. The molecule has 18 heavy (non-hydrogen) atoms. The molecule has 0 unspecified atom stereocenters. The molecule has 0 fully saturated rings. The van der Waals surface area contributed by atoms with E-state index in [0.29, 0.717) is 25.6 Å². The third-order valence-electron chi connectivity index (χ3n) is 2.33. The van der Waals surface area contributed by atoms with Crippen LogP contribution in [0.5, 0.6) is 5.75 Å². The second-order valence-corrected chi connectivity index (χ2v) is 4.98. The van der Waals surface area contributed by atoms with Crippen molar-refractivity contribution in [1.29, 1.82) is 0 Å². The summed E-state index contributed by atoms with van der Waals surface area (Å²) >= 11 is 8.69. The Labute approximate surface area is 120 Å². The molecule has 0 aromatic heterocycles. The minimum absolute atomic E-state index is 0.0390. The van der Waals surface area contributed by atoms with Crippen molar-refractivity contribution in [2.24, 2.45) is 0 Å². The molecule has 0 radical (unpaired) electrons. The first kappa shape index (κ1) is 15.3. The fraction of sp³-hybridized carbons (Fsp3) is 0.417. The van der Waals surface area contributed by atoms with Crippen molar-refractivity contribution in [1.82, 2.24) is 4.90 Å². The van der Waals surface area contributed by atoms with E-state index in [2.05, 4.69) is 15.9 Å². The molecule has 0 saturated heterocycles. The smallest absolute Gasteiger partial charge is 0.257 e. The van der Waals surface area contributed by atoms with E-state index in [9.17, 15) is 9.90 Å². The van der Waals surface area contributed by atoms with Crippen LogP contribution in [0.4, 0.5) is 0 Å². The quantitative estimate of drug-likeness (QED) is 0.641. The molecule has 1 amide bonds. The molecule has 0 atom stereocenters. The van der Waals surface area contributed by atoms with Crippen LogP contribution in [0, 0.1) is 0 Å². The molecule has 0 aliphatic heterocycles. The number of hydrogen-bond acceptors (Lipinski definition) is 3. The molecule has 1 aromatic carbocycles. The predicted molar refractivity (Wildman–Crippen MR) is 74.3 cm³/mol. The summed E-state index contributed by atoms with van der Waals surface area (Å²) in [4.78, 5) is 13.5. The monoisotopic (exact) mass is 335 g/mol. The van der Waals surface area contributed by atoms with E-state index < -0.39 is 0 Å². The number of halogens is 2. The van der Waals surface area contributed by atoms with Crippen molar-refractivity contribution in [2.75, 3.05) is 32.7 Å². The van der Waals surface area contributed by atoms with E-state index in [4.69, 9.17) is 16.3 Å². The zero-order chi connectivity index (χ0) is 13.5. The fourth-order valence-electron chi connectivity index (χ4n) is 1.35. The van der Waals surface area contributed by atoms with E-state index in [-0.39, 0.29) is 17.2 Å². The molecule has 1 N–H and O–H groups in total. The molecular formula is C12H15BrClNO3. The maximum absolute atomic E-state index is 12.0. The van der Waals surface area contributed by atoms with Gasteiger partial charge in [-0.25, -0.2) is 0 Å². The van der Waals surface area contributed by atoms with E-state index >= 15 is 0 Å². The number of ether oxygens (including phenoxy) is 1. The lowest BCUT2D eigenvalue weighted by molar-refractivity contribution is 0.0709. The minimum atomic E-state index is -0.241. The Morgan fingerprint density at radius 3 is 2.83 bits per heavy atom. The van der Waals surface area contributed by atoms with Crippen LogP contribution in [0.2, 0.25) is 0 Å². The van der Waals surface area contributed by atoms with Crippen LogP contribution < -0.4 is 0 Å². The second-order valence-electron chi connectivity index (χ2n) is 3.69. The Kier molecular flexibility index (Phi) is 6.46. The summed E-state index contributed by atoms with van der Waals surface area (Å²) < 4.78 is 5.92. The molecule has 0 bridgehead atoms. The van der Waals surface area contributed by atoms with E-state index in [1.165, 1.54) is 11.0 Å². The number of carbonyl (C=O) groups excluding carboxylic acids is 1. The van der Waals surface area contributed by atoms with Gasteiger partial charge < -0.3 is 14.7 Å². The third-order valence-corrected chi connectivity index (χ3v) is 2.98. The van der Waals surface area contributed by atoms with Crippen LogP contribution in [-0.4, -0.2) is 48.6 Å². The Bertz CT molecular complexity index is 414. The molecule has 6 heteroatoms. The van der Waals surface area contributed by atoms with Gasteiger partial charge in [0, 0.05) is 23.9 Å². The van der Waals surface area contributed by atoms with Crippen molar-refractivity contribution in [3.8, 4) is 5.75 Å². The van der Waals surface area contributed by atoms with Crippen molar-refractivity contribution in [3.63, 3.8) is 0 Å². The molecule has 0 spiro atoms. The number of carbonyl (C=O) groups is 1. The number of benzene rings is 1. The van der Waals surface area contributed by atoms with Crippen LogP contribution in [0.15, 0.2) is 22.7 Å². The van der Waals surface area contributed by atoms with Gasteiger partial charge in [-0.2, -0.15) is 0 Å². The highest BCUT2D eigenvalue weighted by Crippen LogP contribution is 2.23. The van der Waals surface area contributed by atoms with E-state index in [1.807, 2.05) is 0 Å². The first-order chi connectivity index (χ1) is 8.56. The Balaban J connectivity index is 2.57. The highest BCUT2D eigenvalue weighted by Gasteiger charge is 2.15. The molecule has 0 aliphatic rings. The predicted octanol–water partition coefficient (Wildman–Crippen LogP) is 2.48. The minimum Gasteiger partial charge on any atom is -0.507 e. The van der Waals surface area contributed by atoms with E-state index in [0.717, 1.165) is 4.47 Å². The first-order valence-corrected chi connectivity index (χ1v) is 6.76. The van der Waals surface area contributed by atoms with Gasteiger partial charge in [0.15, 0.2) is 0 Å².